The molecule has 1 aromatic heterocycles. The van der Waals surface area contributed by atoms with Crippen molar-refractivity contribution in [3.63, 3.8) is 0 Å². The highest BCUT2D eigenvalue weighted by Gasteiger charge is 2.16. The van der Waals surface area contributed by atoms with Crippen LogP contribution in [0.2, 0.25) is 0 Å². The molecule has 0 unspecified atom stereocenters. The van der Waals surface area contributed by atoms with Crippen molar-refractivity contribution in [2.45, 2.75) is 60.3 Å². The predicted molar refractivity (Wildman–Crippen MR) is 127 cm³/mol. The number of aromatic nitrogens is 1. The number of anilines is 1. The Morgan fingerprint density at radius 2 is 1.90 bits per heavy atom. The molecule has 164 valence electrons. The number of nitrogens with one attached hydrogen (secondary N) is 2. The summed E-state index contributed by atoms with van der Waals surface area (Å²) in [6.45, 7) is 12.2. The number of ether oxygens (including phenoxy) is 2. The summed E-state index contributed by atoms with van der Waals surface area (Å²) in [7, 11) is 0. The van der Waals surface area contributed by atoms with Gasteiger partial charge in [-0.3, -0.25) is 4.79 Å². The minimum Gasteiger partial charge on any atom is -0.485 e. The summed E-state index contributed by atoms with van der Waals surface area (Å²) >= 11 is 0. The summed E-state index contributed by atoms with van der Waals surface area (Å²) in [5.41, 5.74) is 4.04. The molecule has 2 N–H and O–H groups in total. The molecule has 0 atom stereocenters. The maximum absolute atomic E-state index is 12.7. The molecule has 0 fully saturated rings. The van der Waals surface area contributed by atoms with E-state index in [2.05, 4.69) is 50.1 Å². The Labute approximate surface area is 180 Å². The van der Waals surface area contributed by atoms with Gasteiger partial charge in [0.15, 0.2) is 5.75 Å². The lowest BCUT2D eigenvalue weighted by Gasteiger charge is -2.15. The summed E-state index contributed by atoms with van der Waals surface area (Å²) in [4.78, 5) is 15.7. The zero-order valence-electron chi connectivity index (χ0n) is 19.1. The van der Waals surface area contributed by atoms with Gasteiger partial charge in [0.25, 0.3) is 5.56 Å². The molecule has 0 spiro atoms. The largest absolute Gasteiger partial charge is 0.485 e. The van der Waals surface area contributed by atoms with Gasteiger partial charge in [0.05, 0.1) is 12.1 Å². The van der Waals surface area contributed by atoms with Gasteiger partial charge in [-0.05, 0) is 71.2 Å². The average molecular weight is 413 g/mol. The highest BCUT2D eigenvalue weighted by atomic mass is 16.5. The normalized spacial score (nSPS) is 11.4. The van der Waals surface area contributed by atoms with Crippen LogP contribution in [-0.4, -0.2) is 24.7 Å². The zero-order valence-corrected chi connectivity index (χ0v) is 19.1. The average Bonchev–Trinajstić information content (AvgIpc) is 2.69. The van der Waals surface area contributed by atoms with Gasteiger partial charge < -0.3 is 19.8 Å². The third-order valence-corrected chi connectivity index (χ3v) is 4.80. The molecular weight excluding hydrogens is 376 g/mol. The van der Waals surface area contributed by atoms with Crippen LogP contribution in [0.25, 0.3) is 10.9 Å². The summed E-state index contributed by atoms with van der Waals surface area (Å²) < 4.78 is 11.9. The second-order valence-corrected chi connectivity index (χ2v) is 7.79. The fourth-order valence-corrected chi connectivity index (χ4v) is 3.12. The van der Waals surface area contributed by atoms with Gasteiger partial charge in [-0.2, -0.15) is 0 Å². The van der Waals surface area contributed by atoms with Crippen molar-refractivity contribution in [3.05, 3.63) is 51.9 Å². The number of H-pyrrole nitrogens is 1. The van der Waals surface area contributed by atoms with Crippen LogP contribution in [0.5, 0.6) is 11.5 Å². The second kappa shape index (κ2) is 12.1. The van der Waals surface area contributed by atoms with Crippen molar-refractivity contribution in [2.75, 3.05) is 25.1 Å². The first-order valence-corrected chi connectivity index (χ1v) is 10.9. The second-order valence-electron chi connectivity index (χ2n) is 7.79. The third kappa shape index (κ3) is 6.97. The molecule has 30 heavy (non-hydrogen) atoms. The number of hydrogen-bond donors (Lipinski definition) is 2. The molecule has 0 saturated carbocycles. The fourth-order valence-electron chi connectivity index (χ4n) is 3.12. The number of fused-ring (bicyclic) bond motifs is 1. The van der Waals surface area contributed by atoms with Crippen molar-refractivity contribution in [1.29, 1.82) is 0 Å². The Kier molecular flexibility index (Phi) is 9.52. The molecule has 0 radical (unpaired) electrons. The highest BCUT2D eigenvalue weighted by Crippen LogP contribution is 2.33. The van der Waals surface area contributed by atoms with E-state index in [1.165, 1.54) is 11.1 Å². The van der Waals surface area contributed by atoms with Crippen molar-refractivity contribution in [1.82, 2.24) is 4.98 Å². The molecule has 0 aliphatic carbocycles. The maximum Gasteiger partial charge on any atom is 0.294 e. The molecule has 5 heteroatoms. The summed E-state index contributed by atoms with van der Waals surface area (Å²) in [6, 6.07) is 5.90. The van der Waals surface area contributed by atoms with E-state index in [0.717, 1.165) is 48.8 Å². The van der Waals surface area contributed by atoms with Gasteiger partial charge in [-0.15, -0.1) is 0 Å². The molecule has 1 heterocycles. The zero-order chi connectivity index (χ0) is 21.9. The Morgan fingerprint density at radius 1 is 1.10 bits per heavy atom. The van der Waals surface area contributed by atoms with E-state index in [9.17, 15) is 4.79 Å². The SMILES string of the molecule is CCCCOc1c(OCC=C(C)CCC=C(C)C)c2ccc(NCC)cc2[nH]c1=O. The van der Waals surface area contributed by atoms with Gasteiger partial charge in [-0.1, -0.05) is 30.6 Å². The van der Waals surface area contributed by atoms with Crippen LogP contribution in [0.1, 0.15) is 60.3 Å². The number of aromatic amines is 1. The van der Waals surface area contributed by atoms with Crippen LogP contribution < -0.4 is 20.3 Å². The van der Waals surface area contributed by atoms with E-state index in [1.807, 2.05) is 25.1 Å². The molecule has 0 amide bonds. The van der Waals surface area contributed by atoms with Crippen molar-refractivity contribution >= 4 is 16.6 Å². The minimum absolute atomic E-state index is 0.258. The maximum atomic E-state index is 12.7. The van der Waals surface area contributed by atoms with E-state index in [0.29, 0.717) is 19.0 Å². The van der Waals surface area contributed by atoms with Gasteiger partial charge >= 0.3 is 0 Å². The van der Waals surface area contributed by atoms with Crippen molar-refractivity contribution in [3.8, 4) is 11.5 Å². The molecule has 0 aliphatic rings. The monoisotopic (exact) mass is 412 g/mol. The first-order chi connectivity index (χ1) is 14.5. The van der Waals surface area contributed by atoms with Crippen LogP contribution >= 0.6 is 0 Å². The molecule has 0 bridgehead atoms. The first kappa shape index (κ1) is 23.6. The van der Waals surface area contributed by atoms with Gasteiger partial charge in [0, 0.05) is 17.6 Å². The third-order valence-electron chi connectivity index (χ3n) is 4.80. The number of benzene rings is 1. The minimum atomic E-state index is -0.258. The van der Waals surface area contributed by atoms with E-state index in [-0.39, 0.29) is 11.3 Å². The van der Waals surface area contributed by atoms with Crippen molar-refractivity contribution < 1.29 is 9.47 Å². The molecule has 1 aromatic carbocycles. The van der Waals surface area contributed by atoms with E-state index in [1.54, 1.807) is 0 Å². The lowest BCUT2D eigenvalue weighted by molar-refractivity contribution is 0.277. The Morgan fingerprint density at radius 3 is 2.60 bits per heavy atom. The van der Waals surface area contributed by atoms with E-state index in [4.69, 9.17) is 9.47 Å². The van der Waals surface area contributed by atoms with Crippen LogP contribution in [0, 0.1) is 0 Å². The number of hydrogen-bond acceptors (Lipinski definition) is 4. The van der Waals surface area contributed by atoms with Crippen LogP contribution in [0.4, 0.5) is 5.69 Å². The quantitative estimate of drug-likeness (QED) is 0.321. The van der Waals surface area contributed by atoms with Gasteiger partial charge in [0.1, 0.15) is 6.61 Å². The Balaban J connectivity index is 2.29. The highest BCUT2D eigenvalue weighted by molar-refractivity contribution is 5.89. The van der Waals surface area contributed by atoms with Crippen molar-refractivity contribution in [2.24, 2.45) is 0 Å². The molecular formula is C25H36N2O3. The smallest absolute Gasteiger partial charge is 0.294 e. The molecule has 2 aromatic rings. The van der Waals surface area contributed by atoms with E-state index < -0.39 is 0 Å². The number of unbranched alkanes of at least 4 members (excludes halogenated alkanes) is 1. The summed E-state index contributed by atoms with van der Waals surface area (Å²) in [5.74, 6) is 0.781. The Hall–Kier alpha value is -2.69. The predicted octanol–water partition coefficient (Wildman–Crippen LogP) is 6.21. The number of rotatable bonds is 12. The lowest BCUT2D eigenvalue weighted by atomic mass is 10.1. The first-order valence-electron chi connectivity index (χ1n) is 10.9. The topological polar surface area (TPSA) is 63.4 Å². The number of allylic oxidation sites excluding steroid dienone is 3. The Bertz CT molecular complexity index is 937. The van der Waals surface area contributed by atoms with Crippen LogP contribution in [0.3, 0.4) is 0 Å². The van der Waals surface area contributed by atoms with Gasteiger partial charge in [0.2, 0.25) is 5.75 Å². The lowest BCUT2D eigenvalue weighted by Crippen LogP contribution is -2.15. The molecule has 0 aliphatic heterocycles. The molecule has 0 saturated heterocycles. The standard InChI is InChI=1S/C25H36N2O3/c1-6-8-15-29-24-23(30-16-14-19(5)11-9-10-18(3)4)21-13-12-20(26-7-2)17-22(21)27-25(24)28/h10,12-14,17,26H,6-9,11,15-16H2,1-5H3,(H,27,28). The summed E-state index contributed by atoms with van der Waals surface area (Å²) in [5, 5.41) is 4.12. The van der Waals surface area contributed by atoms with Gasteiger partial charge in [-0.25, -0.2) is 0 Å². The molecule has 5 nitrogen and oxygen atoms in total. The van der Waals surface area contributed by atoms with Crippen LogP contribution in [-0.2, 0) is 0 Å². The fraction of sp³-hybridized carbons (Fsp3) is 0.480. The summed E-state index contributed by atoms with van der Waals surface area (Å²) in [6.07, 6.45) is 8.23. The molecule has 2 rings (SSSR count). The van der Waals surface area contributed by atoms with Crippen LogP contribution in [0.15, 0.2) is 46.3 Å². The van der Waals surface area contributed by atoms with E-state index >= 15 is 0 Å². The number of pyridine rings is 1.